The second kappa shape index (κ2) is 4.70. The molecule has 0 saturated heterocycles. The Balaban J connectivity index is 1.83. The molecule has 1 N–H and O–H groups in total. The number of methoxy groups -OCH3 is 1. The molecule has 2 rings (SSSR count). The molecule has 1 fully saturated rings. The van der Waals surface area contributed by atoms with E-state index in [4.69, 9.17) is 4.74 Å². The molecule has 0 radical (unpaired) electrons. The molecular formula is C9H15N3OS. The van der Waals surface area contributed by atoms with Gasteiger partial charge in [-0.2, -0.15) is 4.37 Å². The normalized spacial score (nSPS) is 16.6. The number of hydrogen-bond acceptors (Lipinski definition) is 5. The van der Waals surface area contributed by atoms with Crippen LogP contribution < -0.4 is 5.32 Å². The van der Waals surface area contributed by atoms with Crippen LogP contribution in [0.25, 0.3) is 0 Å². The minimum absolute atomic E-state index is 0.629. The Labute approximate surface area is 87.9 Å². The Hall–Kier alpha value is -0.680. The van der Waals surface area contributed by atoms with Crippen molar-refractivity contribution in [3.63, 3.8) is 0 Å². The van der Waals surface area contributed by atoms with Gasteiger partial charge in [-0.25, -0.2) is 4.98 Å². The van der Waals surface area contributed by atoms with Crippen LogP contribution in [0, 0.1) is 0 Å². The van der Waals surface area contributed by atoms with Gasteiger partial charge in [0.15, 0.2) is 0 Å². The summed E-state index contributed by atoms with van der Waals surface area (Å²) in [6.45, 7) is 1.51. The van der Waals surface area contributed by atoms with Crippen molar-refractivity contribution in [1.82, 2.24) is 9.36 Å². The van der Waals surface area contributed by atoms with Gasteiger partial charge in [-0.15, -0.1) is 0 Å². The maximum absolute atomic E-state index is 4.94. The SMILES string of the molecule is COCCNc1nc(C2CCC2)ns1. The first-order valence-corrected chi connectivity index (χ1v) is 5.74. The topological polar surface area (TPSA) is 47.0 Å². The minimum atomic E-state index is 0.629. The lowest BCUT2D eigenvalue weighted by Crippen LogP contribution is -2.11. The lowest BCUT2D eigenvalue weighted by Gasteiger charge is -2.21. The summed E-state index contributed by atoms with van der Waals surface area (Å²) in [5.74, 6) is 1.66. The van der Waals surface area contributed by atoms with Gasteiger partial charge >= 0.3 is 0 Å². The van der Waals surface area contributed by atoms with Gasteiger partial charge in [-0.05, 0) is 12.8 Å². The third-order valence-corrected chi connectivity index (χ3v) is 3.18. The standard InChI is InChI=1S/C9H15N3OS/c1-13-6-5-10-9-11-8(12-14-9)7-3-2-4-7/h7H,2-6H2,1H3,(H,10,11,12). The third kappa shape index (κ3) is 2.22. The van der Waals surface area contributed by atoms with Crippen molar-refractivity contribution in [2.24, 2.45) is 0 Å². The van der Waals surface area contributed by atoms with Gasteiger partial charge in [0, 0.05) is 31.1 Å². The van der Waals surface area contributed by atoms with E-state index in [1.54, 1.807) is 7.11 Å². The summed E-state index contributed by atoms with van der Waals surface area (Å²) in [7, 11) is 1.70. The Morgan fingerprint density at radius 2 is 2.43 bits per heavy atom. The summed E-state index contributed by atoms with van der Waals surface area (Å²) in [6, 6.07) is 0. The highest BCUT2D eigenvalue weighted by Gasteiger charge is 2.23. The fourth-order valence-electron chi connectivity index (χ4n) is 1.40. The fourth-order valence-corrected chi connectivity index (χ4v) is 2.07. The molecule has 14 heavy (non-hydrogen) atoms. The Bertz CT molecular complexity index is 285. The molecule has 0 spiro atoms. The van der Waals surface area contributed by atoms with Gasteiger partial charge in [0.05, 0.1) is 6.61 Å². The van der Waals surface area contributed by atoms with Crippen LogP contribution in [0.1, 0.15) is 31.0 Å². The first-order valence-electron chi connectivity index (χ1n) is 4.96. The summed E-state index contributed by atoms with van der Waals surface area (Å²) in [4.78, 5) is 4.44. The summed E-state index contributed by atoms with van der Waals surface area (Å²) in [6.07, 6.45) is 3.85. The van der Waals surface area contributed by atoms with E-state index in [1.165, 1.54) is 30.8 Å². The van der Waals surface area contributed by atoms with Crippen LogP contribution in [0.15, 0.2) is 0 Å². The van der Waals surface area contributed by atoms with Gasteiger partial charge in [0.1, 0.15) is 5.82 Å². The molecule has 0 atom stereocenters. The maximum atomic E-state index is 4.94. The van der Waals surface area contributed by atoms with Crippen LogP contribution >= 0.6 is 11.5 Å². The van der Waals surface area contributed by atoms with Crippen molar-refractivity contribution < 1.29 is 4.74 Å². The number of nitrogens with zero attached hydrogens (tertiary/aromatic N) is 2. The summed E-state index contributed by atoms with van der Waals surface area (Å²) in [5, 5.41) is 4.11. The fraction of sp³-hybridized carbons (Fsp3) is 0.778. The minimum Gasteiger partial charge on any atom is -0.383 e. The summed E-state index contributed by atoms with van der Waals surface area (Å²) < 4.78 is 9.29. The van der Waals surface area contributed by atoms with Crippen LogP contribution in [-0.4, -0.2) is 29.6 Å². The molecular weight excluding hydrogens is 198 g/mol. The van der Waals surface area contributed by atoms with E-state index >= 15 is 0 Å². The van der Waals surface area contributed by atoms with Crippen molar-refractivity contribution in [2.45, 2.75) is 25.2 Å². The van der Waals surface area contributed by atoms with E-state index in [2.05, 4.69) is 14.7 Å². The lowest BCUT2D eigenvalue weighted by molar-refractivity contribution is 0.211. The highest BCUT2D eigenvalue weighted by molar-refractivity contribution is 7.09. The van der Waals surface area contributed by atoms with Gasteiger partial charge < -0.3 is 10.1 Å². The average Bonchev–Trinajstić information content (AvgIpc) is 2.51. The highest BCUT2D eigenvalue weighted by Crippen LogP contribution is 2.35. The van der Waals surface area contributed by atoms with Crippen molar-refractivity contribution in [3.8, 4) is 0 Å². The predicted molar refractivity (Wildman–Crippen MR) is 56.9 cm³/mol. The number of aromatic nitrogens is 2. The molecule has 1 heterocycles. The lowest BCUT2D eigenvalue weighted by atomic mass is 9.85. The van der Waals surface area contributed by atoms with E-state index < -0.39 is 0 Å². The molecule has 0 amide bonds. The molecule has 1 aromatic rings. The zero-order chi connectivity index (χ0) is 9.80. The highest BCUT2D eigenvalue weighted by atomic mass is 32.1. The summed E-state index contributed by atoms with van der Waals surface area (Å²) in [5.41, 5.74) is 0. The third-order valence-electron chi connectivity index (χ3n) is 2.49. The number of nitrogens with one attached hydrogen (secondary N) is 1. The molecule has 4 nitrogen and oxygen atoms in total. The molecule has 0 aromatic carbocycles. The predicted octanol–water partition coefficient (Wildman–Crippen LogP) is 1.86. The molecule has 78 valence electrons. The van der Waals surface area contributed by atoms with E-state index in [-0.39, 0.29) is 0 Å². The van der Waals surface area contributed by atoms with Gasteiger partial charge in [0.2, 0.25) is 5.13 Å². The zero-order valence-electron chi connectivity index (χ0n) is 8.32. The number of ether oxygens (including phenoxy) is 1. The van der Waals surface area contributed by atoms with E-state index in [0.29, 0.717) is 12.5 Å². The molecule has 0 unspecified atom stereocenters. The monoisotopic (exact) mass is 213 g/mol. The quantitative estimate of drug-likeness (QED) is 0.758. The Morgan fingerprint density at radius 1 is 1.57 bits per heavy atom. The van der Waals surface area contributed by atoms with Crippen LogP contribution in [0.3, 0.4) is 0 Å². The van der Waals surface area contributed by atoms with Crippen molar-refractivity contribution >= 4 is 16.7 Å². The van der Waals surface area contributed by atoms with Crippen molar-refractivity contribution in [3.05, 3.63) is 5.82 Å². The summed E-state index contributed by atoms with van der Waals surface area (Å²) >= 11 is 1.45. The second-order valence-electron chi connectivity index (χ2n) is 3.51. The van der Waals surface area contributed by atoms with Crippen molar-refractivity contribution in [1.29, 1.82) is 0 Å². The second-order valence-corrected chi connectivity index (χ2v) is 4.26. The van der Waals surface area contributed by atoms with Gasteiger partial charge in [0.25, 0.3) is 0 Å². The first-order chi connectivity index (χ1) is 6.90. The zero-order valence-corrected chi connectivity index (χ0v) is 9.14. The molecule has 5 heteroatoms. The van der Waals surface area contributed by atoms with E-state index in [0.717, 1.165) is 17.5 Å². The van der Waals surface area contributed by atoms with Crippen molar-refractivity contribution in [2.75, 3.05) is 25.6 Å². The molecule has 1 aliphatic rings. The number of hydrogen-bond donors (Lipinski definition) is 1. The average molecular weight is 213 g/mol. The molecule has 1 saturated carbocycles. The Kier molecular flexibility index (Phi) is 3.31. The largest absolute Gasteiger partial charge is 0.383 e. The van der Waals surface area contributed by atoms with Crippen LogP contribution in [-0.2, 0) is 4.74 Å². The molecule has 0 bridgehead atoms. The maximum Gasteiger partial charge on any atom is 0.202 e. The molecule has 0 aliphatic heterocycles. The van der Waals surface area contributed by atoms with E-state index in [9.17, 15) is 0 Å². The molecule has 1 aromatic heterocycles. The smallest absolute Gasteiger partial charge is 0.202 e. The Morgan fingerprint density at radius 3 is 3.07 bits per heavy atom. The molecule has 1 aliphatic carbocycles. The van der Waals surface area contributed by atoms with Crippen LogP contribution in [0.2, 0.25) is 0 Å². The van der Waals surface area contributed by atoms with E-state index in [1.807, 2.05) is 0 Å². The van der Waals surface area contributed by atoms with Gasteiger partial charge in [-0.3, -0.25) is 0 Å². The number of anilines is 1. The first kappa shape index (κ1) is 9.86. The van der Waals surface area contributed by atoms with Crippen LogP contribution in [0.4, 0.5) is 5.13 Å². The van der Waals surface area contributed by atoms with Gasteiger partial charge in [-0.1, -0.05) is 6.42 Å². The number of rotatable bonds is 5. The van der Waals surface area contributed by atoms with Crippen LogP contribution in [0.5, 0.6) is 0 Å².